The molecule has 0 amide bonds. The molecular weight excluding hydrogens is 422 g/mol. The third-order valence-corrected chi connectivity index (χ3v) is 6.26. The number of pyridine rings is 2. The highest BCUT2D eigenvalue weighted by Crippen LogP contribution is 2.39. The minimum Gasteiger partial charge on any atom is -0.373 e. The highest BCUT2D eigenvalue weighted by atomic mass is 19.1. The molecule has 168 valence electrons. The maximum absolute atomic E-state index is 14.8. The van der Waals surface area contributed by atoms with Gasteiger partial charge in [-0.1, -0.05) is 0 Å². The van der Waals surface area contributed by atoms with Crippen LogP contribution in [0.2, 0.25) is 0 Å². The zero-order valence-corrected chi connectivity index (χ0v) is 18.8. The van der Waals surface area contributed by atoms with Crippen molar-refractivity contribution in [1.29, 1.82) is 0 Å². The highest BCUT2D eigenvalue weighted by Gasteiger charge is 2.28. The topological polar surface area (TPSA) is 60.8 Å². The Labute approximate surface area is 190 Å². The number of hydrogen-bond donors (Lipinski definition) is 0. The molecule has 0 unspecified atom stereocenters. The number of rotatable bonds is 3. The normalized spacial score (nSPS) is 18.6. The molecule has 4 heterocycles. The van der Waals surface area contributed by atoms with Crippen molar-refractivity contribution in [2.24, 2.45) is 0 Å². The lowest BCUT2D eigenvalue weighted by atomic mass is 9.88. The van der Waals surface area contributed by atoms with E-state index in [1.807, 2.05) is 39.0 Å². The quantitative estimate of drug-likeness (QED) is 0.391. The molecule has 1 aliphatic heterocycles. The summed E-state index contributed by atoms with van der Waals surface area (Å²) in [5.74, 6) is -1.19. The number of fused-ring (bicyclic) bond motifs is 1. The van der Waals surface area contributed by atoms with Gasteiger partial charge < -0.3 is 4.74 Å². The number of halogens is 2. The summed E-state index contributed by atoms with van der Waals surface area (Å²) in [6, 6.07) is 9.50. The number of nitrogens with zero attached hydrogens (tertiary/aromatic N) is 4. The molecule has 5 nitrogen and oxygen atoms in total. The van der Waals surface area contributed by atoms with Crippen molar-refractivity contribution in [2.45, 2.75) is 45.6 Å². The van der Waals surface area contributed by atoms with E-state index in [1.54, 1.807) is 6.20 Å². The van der Waals surface area contributed by atoms with Crippen molar-refractivity contribution >= 4 is 11.0 Å². The van der Waals surface area contributed by atoms with Gasteiger partial charge in [-0.15, -0.1) is 0 Å². The maximum Gasteiger partial charge on any atom is 0.135 e. The first kappa shape index (κ1) is 21.5. The van der Waals surface area contributed by atoms with Crippen LogP contribution in [0.25, 0.3) is 22.3 Å². The molecule has 0 N–H and O–H groups in total. The smallest absolute Gasteiger partial charge is 0.135 e. The molecule has 33 heavy (non-hydrogen) atoms. The fraction of sp³-hybridized carbons (Fsp3) is 0.308. The molecule has 7 heteroatoms. The Morgan fingerprint density at radius 2 is 1.76 bits per heavy atom. The molecule has 0 saturated carbocycles. The summed E-state index contributed by atoms with van der Waals surface area (Å²) in [6.07, 6.45) is 3.26. The molecule has 0 radical (unpaired) electrons. The third-order valence-electron chi connectivity index (χ3n) is 6.26. The number of ether oxygens (including phenoxy) is 1. The Morgan fingerprint density at radius 1 is 0.939 bits per heavy atom. The Bertz CT molecular complexity index is 1360. The fourth-order valence-electron chi connectivity index (χ4n) is 4.39. The first-order valence-electron chi connectivity index (χ1n) is 11.0. The molecule has 5 rings (SSSR count). The summed E-state index contributed by atoms with van der Waals surface area (Å²) in [5, 5.41) is 0. The van der Waals surface area contributed by atoms with Crippen LogP contribution in [0.1, 0.15) is 53.2 Å². The minimum atomic E-state index is -0.668. The molecule has 0 aliphatic carbocycles. The minimum absolute atomic E-state index is 0.0696. The van der Waals surface area contributed by atoms with Crippen molar-refractivity contribution in [3.8, 4) is 11.3 Å². The Hall–Kier alpha value is -3.32. The second kappa shape index (κ2) is 8.56. The van der Waals surface area contributed by atoms with Crippen LogP contribution in [0.3, 0.4) is 0 Å². The molecule has 3 aromatic heterocycles. The summed E-state index contributed by atoms with van der Waals surface area (Å²) < 4.78 is 34.4. The first-order chi connectivity index (χ1) is 15.9. The van der Waals surface area contributed by atoms with E-state index in [-0.39, 0.29) is 17.6 Å². The summed E-state index contributed by atoms with van der Waals surface area (Å²) in [4.78, 5) is 18.5. The van der Waals surface area contributed by atoms with Gasteiger partial charge in [0.2, 0.25) is 0 Å². The van der Waals surface area contributed by atoms with Crippen molar-refractivity contribution in [2.75, 3.05) is 6.61 Å². The van der Waals surface area contributed by atoms with E-state index < -0.39 is 11.6 Å². The van der Waals surface area contributed by atoms with E-state index in [0.29, 0.717) is 23.3 Å². The van der Waals surface area contributed by atoms with E-state index in [1.165, 1.54) is 12.1 Å². The van der Waals surface area contributed by atoms with Gasteiger partial charge in [0, 0.05) is 41.7 Å². The Kier molecular flexibility index (Phi) is 5.58. The predicted molar refractivity (Wildman–Crippen MR) is 122 cm³/mol. The van der Waals surface area contributed by atoms with Gasteiger partial charge in [-0.25, -0.2) is 23.7 Å². The number of aryl methyl sites for hydroxylation is 3. The second-order valence-electron chi connectivity index (χ2n) is 8.59. The van der Waals surface area contributed by atoms with Crippen LogP contribution in [0, 0.1) is 32.4 Å². The largest absolute Gasteiger partial charge is 0.373 e. The fourth-order valence-corrected chi connectivity index (χ4v) is 4.39. The molecule has 0 bridgehead atoms. The lowest BCUT2D eigenvalue weighted by molar-refractivity contribution is 0.00460. The standard InChI is InChI=1S/C26H24F2N4O/c1-14-10-18(6-8-29-14)24-11-17(7-9-33-24)22-13-23-26(31-16(3)15(2)30-23)25(32-22)20-5-4-19(27)12-21(20)28/h4-6,8,10,12-13,17,24H,7,9,11H2,1-3H3/t17-,24+/m0/s1. The van der Waals surface area contributed by atoms with Crippen LogP contribution in [0.4, 0.5) is 8.78 Å². The first-order valence-corrected chi connectivity index (χ1v) is 11.0. The van der Waals surface area contributed by atoms with Gasteiger partial charge in [0.25, 0.3) is 0 Å². The van der Waals surface area contributed by atoms with E-state index in [2.05, 4.69) is 9.97 Å². The van der Waals surface area contributed by atoms with Gasteiger partial charge >= 0.3 is 0 Å². The summed E-state index contributed by atoms with van der Waals surface area (Å²) in [5.41, 5.74) is 6.18. The van der Waals surface area contributed by atoms with Gasteiger partial charge in [0.15, 0.2) is 0 Å². The zero-order valence-electron chi connectivity index (χ0n) is 18.8. The van der Waals surface area contributed by atoms with Crippen molar-refractivity contribution in [3.63, 3.8) is 0 Å². The van der Waals surface area contributed by atoms with Crippen molar-refractivity contribution in [3.05, 3.63) is 82.6 Å². The SMILES string of the molecule is Cc1cc([C@H]2C[C@@H](c3cc4nc(C)c(C)nc4c(-c4ccc(F)cc4F)n3)CCO2)ccn1. The van der Waals surface area contributed by atoms with Gasteiger partial charge in [-0.2, -0.15) is 0 Å². The van der Waals surface area contributed by atoms with Gasteiger partial charge in [0.05, 0.1) is 23.0 Å². The monoisotopic (exact) mass is 446 g/mol. The maximum atomic E-state index is 14.8. The average Bonchev–Trinajstić information content (AvgIpc) is 2.80. The van der Waals surface area contributed by atoms with Gasteiger partial charge in [-0.3, -0.25) is 4.98 Å². The average molecular weight is 447 g/mol. The second-order valence-corrected chi connectivity index (χ2v) is 8.59. The van der Waals surface area contributed by atoms with Crippen molar-refractivity contribution < 1.29 is 13.5 Å². The zero-order chi connectivity index (χ0) is 23.1. The molecule has 0 spiro atoms. The molecule has 4 aromatic rings. The number of benzene rings is 1. The summed E-state index contributed by atoms with van der Waals surface area (Å²) >= 11 is 0. The molecule has 1 saturated heterocycles. The van der Waals surface area contributed by atoms with Crippen molar-refractivity contribution in [1.82, 2.24) is 19.9 Å². The summed E-state index contributed by atoms with van der Waals surface area (Å²) in [6.45, 7) is 6.31. The van der Waals surface area contributed by atoms with E-state index in [9.17, 15) is 8.78 Å². The van der Waals surface area contributed by atoms with Gasteiger partial charge in [-0.05, 0) is 69.5 Å². The van der Waals surface area contributed by atoms with Crippen LogP contribution in [-0.2, 0) is 4.74 Å². The molecular formula is C26H24F2N4O. The highest BCUT2D eigenvalue weighted by molar-refractivity contribution is 5.89. The lowest BCUT2D eigenvalue weighted by Gasteiger charge is -2.30. The number of aromatic nitrogens is 4. The third kappa shape index (κ3) is 4.20. The van der Waals surface area contributed by atoms with E-state index >= 15 is 0 Å². The molecule has 1 fully saturated rings. The molecule has 2 atom stereocenters. The van der Waals surface area contributed by atoms with Crippen LogP contribution in [-0.4, -0.2) is 26.5 Å². The molecule has 1 aromatic carbocycles. The number of hydrogen-bond acceptors (Lipinski definition) is 5. The lowest BCUT2D eigenvalue weighted by Crippen LogP contribution is -2.20. The van der Waals surface area contributed by atoms with Gasteiger partial charge in [0.1, 0.15) is 22.8 Å². The van der Waals surface area contributed by atoms with E-state index in [0.717, 1.165) is 47.2 Å². The Morgan fingerprint density at radius 3 is 2.55 bits per heavy atom. The summed E-state index contributed by atoms with van der Waals surface area (Å²) in [7, 11) is 0. The van der Waals surface area contributed by atoms with Crippen LogP contribution >= 0.6 is 0 Å². The van der Waals surface area contributed by atoms with Crippen LogP contribution in [0.5, 0.6) is 0 Å². The predicted octanol–water partition coefficient (Wildman–Crippen LogP) is 5.93. The van der Waals surface area contributed by atoms with E-state index in [4.69, 9.17) is 14.7 Å². The molecule has 1 aliphatic rings. The Balaban J connectivity index is 1.62. The van der Waals surface area contributed by atoms with Crippen LogP contribution in [0.15, 0.2) is 42.6 Å². The van der Waals surface area contributed by atoms with Crippen LogP contribution < -0.4 is 0 Å².